The minimum absolute atomic E-state index is 0.316. The quantitative estimate of drug-likeness (QED) is 0.694. The van der Waals surface area contributed by atoms with Crippen LogP contribution < -0.4 is 10.1 Å². The van der Waals surface area contributed by atoms with Gasteiger partial charge in [-0.25, -0.2) is 0 Å². The fourth-order valence-electron chi connectivity index (χ4n) is 2.60. The number of anilines is 1. The summed E-state index contributed by atoms with van der Waals surface area (Å²) in [6, 6.07) is 10.2. The minimum atomic E-state index is -4.57. The second-order valence-corrected chi connectivity index (χ2v) is 5.90. The summed E-state index contributed by atoms with van der Waals surface area (Å²) in [6.45, 7) is 1.55. The van der Waals surface area contributed by atoms with Gasteiger partial charge in [0.1, 0.15) is 18.4 Å². The van der Waals surface area contributed by atoms with Crippen LogP contribution in [0.25, 0.3) is 5.69 Å². The first kappa shape index (κ1) is 19.4. The van der Waals surface area contributed by atoms with E-state index >= 15 is 0 Å². The molecule has 0 saturated heterocycles. The normalized spacial score (nSPS) is 11.3. The van der Waals surface area contributed by atoms with E-state index in [1.807, 2.05) is 19.1 Å². The van der Waals surface area contributed by atoms with Gasteiger partial charge < -0.3 is 10.1 Å². The number of carbonyl (C=O) groups is 1. The monoisotopic (exact) mass is 390 g/mol. The molecule has 0 bridgehead atoms. The van der Waals surface area contributed by atoms with Crippen LogP contribution in [0.2, 0.25) is 0 Å². The molecule has 0 radical (unpaired) electrons. The molecule has 2 aromatic carbocycles. The average molecular weight is 390 g/mol. The van der Waals surface area contributed by atoms with Gasteiger partial charge in [0.25, 0.3) is 5.91 Å². The third-order valence-electron chi connectivity index (χ3n) is 3.99. The van der Waals surface area contributed by atoms with Gasteiger partial charge in [-0.15, -0.1) is 10.2 Å². The number of benzene rings is 2. The van der Waals surface area contributed by atoms with Crippen molar-refractivity contribution in [2.75, 3.05) is 11.9 Å². The molecule has 3 rings (SSSR count). The number of rotatable bonds is 6. The van der Waals surface area contributed by atoms with Crippen molar-refractivity contribution >= 4 is 11.6 Å². The van der Waals surface area contributed by atoms with Crippen LogP contribution >= 0.6 is 0 Å². The van der Waals surface area contributed by atoms with Gasteiger partial charge in [-0.3, -0.25) is 9.36 Å². The number of nitrogens with one attached hydrogen (secondary N) is 1. The number of hydrogen-bond acceptors (Lipinski definition) is 4. The maximum atomic E-state index is 13.0. The van der Waals surface area contributed by atoms with E-state index in [1.165, 1.54) is 30.9 Å². The Morgan fingerprint density at radius 2 is 1.86 bits per heavy atom. The van der Waals surface area contributed by atoms with Crippen LogP contribution in [0, 0.1) is 0 Å². The number of ether oxygens (including phenoxy) is 1. The Morgan fingerprint density at radius 1 is 1.14 bits per heavy atom. The molecule has 0 atom stereocenters. The summed E-state index contributed by atoms with van der Waals surface area (Å²) >= 11 is 0. The van der Waals surface area contributed by atoms with E-state index in [4.69, 9.17) is 4.74 Å². The topological polar surface area (TPSA) is 69.0 Å². The van der Waals surface area contributed by atoms with Crippen LogP contribution in [0.4, 0.5) is 18.9 Å². The summed E-state index contributed by atoms with van der Waals surface area (Å²) in [5, 5.41) is 9.75. The van der Waals surface area contributed by atoms with E-state index in [2.05, 4.69) is 15.5 Å². The molecule has 0 spiro atoms. The van der Waals surface area contributed by atoms with Crippen LogP contribution in [-0.2, 0) is 17.4 Å². The molecule has 1 aromatic heterocycles. The molecule has 1 heterocycles. The van der Waals surface area contributed by atoms with Crippen LogP contribution in [0.15, 0.2) is 55.1 Å². The SMILES string of the molecule is CCc1ccc(OCC(=O)Nc2ccccc2C(F)(F)F)c(-n2cnnc2)c1. The second kappa shape index (κ2) is 8.12. The second-order valence-electron chi connectivity index (χ2n) is 5.90. The highest BCUT2D eigenvalue weighted by atomic mass is 19.4. The number of hydrogen-bond donors (Lipinski definition) is 1. The molecule has 0 saturated carbocycles. The highest BCUT2D eigenvalue weighted by Gasteiger charge is 2.33. The summed E-state index contributed by atoms with van der Waals surface area (Å²) in [7, 11) is 0. The van der Waals surface area contributed by atoms with E-state index in [0.717, 1.165) is 18.1 Å². The lowest BCUT2D eigenvalue weighted by atomic mass is 10.1. The van der Waals surface area contributed by atoms with E-state index in [-0.39, 0.29) is 5.69 Å². The summed E-state index contributed by atoms with van der Waals surface area (Å²) in [5.41, 5.74) is 0.442. The molecule has 1 amide bonds. The van der Waals surface area contributed by atoms with Crippen LogP contribution in [0.1, 0.15) is 18.1 Å². The van der Waals surface area contributed by atoms with Crippen molar-refractivity contribution in [2.24, 2.45) is 0 Å². The lowest BCUT2D eigenvalue weighted by molar-refractivity contribution is -0.137. The number of halogens is 3. The molecular weight excluding hydrogens is 373 g/mol. The first-order chi connectivity index (χ1) is 13.4. The number of para-hydroxylation sites is 1. The zero-order valence-corrected chi connectivity index (χ0v) is 14.9. The standard InChI is InChI=1S/C19H17F3N4O2/c1-2-13-7-8-17(16(9-13)26-11-23-24-12-26)28-10-18(27)25-15-6-4-3-5-14(15)19(20,21)22/h3-9,11-12H,2,10H2,1H3,(H,25,27). The molecule has 0 aliphatic heterocycles. The number of nitrogens with zero attached hydrogens (tertiary/aromatic N) is 3. The molecule has 9 heteroatoms. The van der Waals surface area contributed by atoms with Crippen molar-refractivity contribution in [3.63, 3.8) is 0 Å². The molecule has 0 unspecified atom stereocenters. The van der Waals surface area contributed by atoms with Gasteiger partial charge in [-0.1, -0.05) is 25.1 Å². The first-order valence-corrected chi connectivity index (χ1v) is 8.45. The fourth-order valence-corrected chi connectivity index (χ4v) is 2.60. The first-order valence-electron chi connectivity index (χ1n) is 8.45. The molecule has 0 aliphatic carbocycles. The Morgan fingerprint density at radius 3 is 2.54 bits per heavy atom. The molecule has 3 aromatic rings. The molecule has 146 valence electrons. The van der Waals surface area contributed by atoms with Crippen LogP contribution in [0.3, 0.4) is 0 Å². The van der Waals surface area contributed by atoms with Crippen molar-refractivity contribution in [2.45, 2.75) is 19.5 Å². The molecule has 0 fully saturated rings. The smallest absolute Gasteiger partial charge is 0.418 e. The Balaban J connectivity index is 1.74. The number of aryl methyl sites for hydroxylation is 1. The van der Waals surface area contributed by atoms with E-state index in [1.54, 1.807) is 10.6 Å². The van der Waals surface area contributed by atoms with Gasteiger partial charge in [0, 0.05) is 0 Å². The maximum absolute atomic E-state index is 13.0. The number of amides is 1. The Labute approximate surface area is 159 Å². The summed E-state index contributed by atoms with van der Waals surface area (Å²) in [6.07, 6.45) is -0.797. The maximum Gasteiger partial charge on any atom is 0.418 e. The van der Waals surface area contributed by atoms with Crippen LogP contribution in [-0.4, -0.2) is 27.3 Å². The lowest BCUT2D eigenvalue weighted by Crippen LogP contribution is -2.22. The van der Waals surface area contributed by atoms with Gasteiger partial charge in [0.15, 0.2) is 6.61 Å². The molecule has 0 aliphatic rings. The number of aromatic nitrogens is 3. The Kier molecular flexibility index (Phi) is 5.62. The summed E-state index contributed by atoms with van der Waals surface area (Å²) in [4.78, 5) is 12.2. The average Bonchev–Trinajstić information content (AvgIpc) is 3.20. The van der Waals surface area contributed by atoms with Crippen molar-refractivity contribution in [1.82, 2.24) is 14.8 Å². The van der Waals surface area contributed by atoms with Gasteiger partial charge in [-0.05, 0) is 36.2 Å². The molecule has 6 nitrogen and oxygen atoms in total. The predicted molar refractivity (Wildman–Crippen MR) is 96.3 cm³/mol. The Hall–Kier alpha value is -3.36. The van der Waals surface area contributed by atoms with Crippen LogP contribution in [0.5, 0.6) is 5.75 Å². The zero-order chi connectivity index (χ0) is 20.1. The zero-order valence-electron chi connectivity index (χ0n) is 14.9. The minimum Gasteiger partial charge on any atom is -0.482 e. The number of carbonyl (C=O) groups excluding carboxylic acids is 1. The van der Waals surface area contributed by atoms with Crippen molar-refractivity contribution in [3.8, 4) is 11.4 Å². The van der Waals surface area contributed by atoms with Gasteiger partial charge in [0.2, 0.25) is 0 Å². The summed E-state index contributed by atoms with van der Waals surface area (Å²) < 4.78 is 46.3. The Bertz CT molecular complexity index is 956. The van der Waals surface area contributed by atoms with E-state index in [0.29, 0.717) is 11.4 Å². The largest absolute Gasteiger partial charge is 0.482 e. The highest BCUT2D eigenvalue weighted by molar-refractivity contribution is 5.92. The van der Waals surface area contributed by atoms with Gasteiger partial charge in [-0.2, -0.15) is 13.2 Å². The molecular formula is C19H17F3N4O2. The molecule has 28 heavy (non-hydrogen) atoms. The fraction of sp³-hybridized carbons (Fsp3) is 0.211. The third-order valence-corrected chi connectivity index (χ3v) is 3.99. The lowest BCUT2D eigenvalue weighted by Gasteiger charge is -2.15. The van der Waals surface area contributed by atoms with E-state index in [9.17, 15) is 18.0 Å². The predicted octanol–water partition coefficient (Wildman–Crippen LogP) is 3.87. The summed E-state index contributed by atoms with van der Waals surface area (Å²) in [5.74, 6) is -0.317. The molecule has 1 N–H and O–H groups in total. The van der Waals surface area contributed by atoms with Crippen molar-refractivity contribution in [1.29, 1.82) is 0 Å². The van der Waals surface area contributed by atoms with E-state index < -0.39 is 24.3 Å². The van der Waals surface area contributed by atoms with Crippen molar-refractivity contribution in [3.05, 3.63) is 66.2 Å². The third kappa shape index (κ3) is 4.48. The number of alkyl halides is 3. The van der Waals surface area contributed by atoms with Crippen molar-refractivity contribution < 1.29 is 22.7 Å². The van der Waals surface area contributed by atoms with Gasteiger partial charge >= 0.3 is 6.18 Å². The van der Waals surface area contributed by atoms with Gasteiger partial charge in [0.05, 0.1) is 16.9 Å². The highest BCUT2D eigenvalue weighted by Crippen LogP contribution is 2.34.